The molecule has 4 nitrogen and oxygen atoms in total. The molecule has 3 aromatic rings. The molecule has 0 heterocycles. The lowest BCUT2D eigenvalue weighted by Crippen LogP contribution is -2.18. The molecule has 0 aliphatic heterocycles. The molecule has 154 valence electrons. The highest BCUT2D eigenvalue weighted by molar-refractivity contribution is 9.10. The molecule has 0 unspecified atom stereocenters. The number of nitrogens with one attached hydrogen (secondary N) is 1. The Morgan fingerprint density at radius 3 is 2.40 bits per heavy atom. The lowest BCUT2D eigenvalue weighted by molar-refractivity contribution is -0.137. The van der Waals surface area contributed by atoms with Gasteiger partial charge in [0.15, 0.2) is 0 Å². The van der Waals surface area contributed by atoms with Crippen LogP contribution in [-0.2, 0) is 12.8 Å². The summed E-state index contributed by atoms with van der Waals surface area (Å²) < 4.78 is 44.9. The van der Waals surface area contributed by atoms with Gasteiger partial charge in [0.1, 0.15) is 12.4 Å². The molecular weight excluding hydrogens is 461 g/mol. The summed E-state index contributed by atoms with van der Waals surface area (Å²) in [6.07, 6.45) is -3.12. The van der Waals surface area contributed by atoms with E-state index in [4.69, 9.17) is 4.74 Å². The SMILES string of the molecule is O=C(N/N=C\c1ccc(OCc2ccc(Br)cc2)cc1)c1cccc(C(F)(F)F)c1. The van der Waals surface area contributed by atoms with E-state index in [1.165, 1.54) is 18.3 Å². The van der Waals surface area contributed by atoms with E-state index < -0.39 is 17.6 Å². The van der Waals surface area contributed by atoms with Crippen molar-refractivity contribution in [3.63, 3.8) is 0 Å². The minimum atomic E-state index is -4.51. The van der Waals surface area contributed by atoms with Crippen molar-refractivity contribution in [3.05, 3.63) is 99.5 Å². The van der Waals surface area contributed by atoms with E-state index >= 15 is 0 Å². The van der Waals surface area contributed by atoms with Crippen LogP contribution in [0.3, 0.4) is 0 Å². The fraction of sp³-hybridized carbons (Fsp3) is 0.0909. The Morgan fingerprint density at radius 2 is 1.73 bits per heavy atom. The number of alkyl halides is 3. The summed E-state index contributed by atoms with van der Waals surface area (Å²) in [5.74, 6) is -0.0603. The van der Waals surface area contributed by atoms with Crippen molar-refractivity contribution in [1.29, 1.82) is 0 Å². The van der Waals surface area contributed by atoms with Gasteiger partial charge in [-0.2, -0.15) is 18.3 Å². The number of nitrogens with zero attached hydrogens (tertiary/aromatic N) is 1. The third kappa shape index (κ3) is 6.18. The summed E-state index contributed by atoms with van der Waals surface area (Å²) in [5, 5.41) is 3.79. The van der Waals surface area contributed by atoms with Gasteiger partial charge in [-0.05, 0) is 65.7 Å². The van der Waals surface area contributed by atoms with Gasteiger partial charge < -0.3 is 4.74 Å². The van der Waals surface area contributed by atoms with Crippen molar-refractivity contribution in [3.8, 4) is 5.75 Å². The van der Waals surface area contributed by atoms with Crippen LogP contribution in [0.1, 0.15) is 27.0 Å². The highest BCUT2D eigenvalue weighted by atomic mass is 79.9. The second kappa shape index (κ2) is 9.58. The second-order valence-corrected chi connectivity index (χ2v) is 7.18. The Kier molecular flexibility index (Phi) is 6.89. The van der Waals surface area contributed by atoms with Crippen LogP contribution in [0, 0.1) is 0 Å². The maximum atomic E-state index is 12.7. The molecule has 8 heteroatoms. The number of ether oxygens (including phenoxy) is 1. The first-order valence-electron chi connectivity index (χ1n) is 8.79. The van der Waals surface area contributed by atoms with Crippen molar-refractivity contribution in [2.24, 2.45) is 5.10 Å². The highest BCUT2D eigenvalue weighted by Gasteiger charge is 2.30. The van der Waals surface area contributed by atoms with Gasteiger partial charge in [-0.1, -0.05) is 34.1 Å². The molecule has 3 aromatic carbocycles. The van der Waals surface area contributed by atoms with E-state index in [1.807, 2.05) is 24.3 Å². The fourth-order valence-corrected chi connectivity index (χ4v) is 2.73. The summed E-state index contributed by atoms with van der Waals surface area (Å²) in [5.41, 5.74) is 2.92. The second-order valence-electron chi connectivity index (χ2n) is 6.26. The maximum Gasteiger partial charge on any atom is 0.416 e. The Balaban J connectivity index is 1.54. The molecule has 0 bridgehead atoms. The quantitative estimate of drug-likeness (QED) is 0.360. The predicted molar refractivity (Wildman–Crippen MR) is 111 cm³/mol. The first kappa shape index (κ1) is 21.6. The first-order chi connectivity index (χ1) is 14.3. The lowest BCUT2D eigenvalue weighted by Gasteiger charge is -2.08. The van der Waals surface area contributed by atoms with E-state index in [9.17, 15) is 18.0 Å². The first-order valence-corrected chi connectivity index (χ1v) is 9.58. The molecule has 0 saturated heterocycles. The van der Waals surface area contributed by atoms with E-state index in [2.05, 4.69) is 26.5 Å². The van der Waals surface area contributed by atoms with Gasteiger partial charge in [-0.25, -0.2) is 5.43 Å². The molecular formula is C22H16BrF3N2O2. The van der Waals surface area contributed by atoms with Crippen LogP contribution in [0.15, 0.2) is 82.4 Å². The van der Waals surface area contributed by atoms with Crippen molar-refractivity contribution >= 4 is 28.1 Å². The Labute approximate surface area is 179 Å². The monoisotopic (exact) mass is 476 g/mol. The third-order valence-electron chi connectivity index (χ3n) is 4.03. The molecule has 1 N–H and O–H groups in total. The third-order valence-corrected chi connectivity index (χ3v) is 4.56. The van der Waals surface area contributed by atoms with Crippen LogP contribution >= 0.6 is 15.9 Å². The molecule has 3 rings (SSSR count). The van der Waals surface area contributed by atoms with Gasteiger partial charge in [0.05, 0.1) is 11.8 Å². The number of hydrogen-bond donors (Lipinski definition) is 1. The van der Waals surface area contributed by atoms with Crippen LogP contribution in [0.2, 0.25) is 0 Å². The van der Waals surface area contributed by atoms with E-state index in [-0.39, 0.29) is 5.56 Å². The number of carbonyl (C=O) groups excluding carboxylic acids is 1. The van der Waals surface area contributed by atoms with E-state index in [0.717, 1.165) is 22.2 Å². The number of halogens is 4. The zero-order chi connectivity index (χ0) is 21.6. The van der Waals surface area contributed by atoms with Gasteiger partial charge >= 0.3 is 6.18 Å². The van der Waals surface area contributed by atoms with Gasteiger partial charge in [0, 0.05) is 10.0 Å². The number of hydrazone groups is 1. The van der Waals surface area contributed by atoms with Crippen molar-refractivity contribution in [2.45, 2.75) is 12.8 Å². The average Bonchev–Trinajstić information content (AvgIpc) is 2.74. The van der Waals surface area contributed by atoms with Gasteiger partial charge in [0.2, 0.25) is 0 Å². The Bertz CT molecular complexity index is 1030. The molecule has 1 amide bonds. The molecule has 0 radical (unpaired) electrons. The molecule has 0 aliphatic rings. The minimum absolute atomic E-state index is 0.126. The largest absolute Gasteiger partial charge is 0.489 e. The smallest absolute Gasteiger partial charge is 0.416 e. The average molecular weight is 477 g/mol. The standard InChI is InChI=1S/C22H16BrF3N2O2/c23-19-8-4-16(5-9-19)14-30-20-10-6-15(7-11-20)13-27-28-21(29)17-2-1-3-18(12-17)22(24,25)26/h1-13H,14H2,(H,28,29)/b27-13-. The summed E-state index contributed by atoms with van der Waals surface area (Å²) in [6.45, 7) is 0.424. The topological polar surface area (TPSA) is 50.7 Å². The number of benzene rings is 3. The van der Waals surface area contributed by atoms with Gasteiger partial charge in [-0.15, -0.1) is 0 Å². The van der Waals surface area contributed by atoms with Crippen LogP contribution in [0.25, 0.3) is 0 Å². The van der Waals surface area contributed by atoms with E-state index in [0.29, 0.717) is 17.9 Å². The van der Waals surface area contributed by atoms with Crippen molar-refractivity contribution in [1.82, 2.24) is 5.43 Å². The van der Waals surface area contributed by atoms with Crippen molar-refractivity contribution in [2.75, 3.05) is 0 Å². The zero-order valence-electron chi connectivity index (χ0n) is 15.5. The maximum absolute atomic E-state index is 12.7. The number of rotatable bonds is 6. The molecule has 0 fully saturated rings. The predicted octanol–water partition coefficient (Wildman–Crippen LogP) is 5.81. The minimum Gasteiger partial charge on any atom is -0.489 e. The van der Waals surface area contributed by atoms with Crippen LogP contribution in [0.4, 0.5) is 13.2 Å². The molecule has 0 saturated carbocycles. The lowest BCUT2D eigenvalue weighted by atomic mass is 10.1. The van der Waals surface area contributed by atoms with Crippen LogP contribution in [-0.4, -0.2) is 12.1 Å². The van der Waals surface area contributed by atoms with Crippen molar-refractivity contribution < 1.29 is 22.7 Å². The summed E-state index contributed by atoms with van der Waals surface area (Å²) in [7, 11) is 0. The summed E-state index contributed by atoms with van der Waals surface area (Å²) >= 11 is 3.38. The number of hydrogen-bond acceptors (Lipinski definition) is 3. The van der Waals surface area contributed by atoms with Gasteiger partial charge in [0.25, 0.3) is 5.91 Å². The van der Waals surface area contributed by atoms with Gasteiger partial charge in [-0.3, -0.25) is 4.79 Å². The Morgan fingerprint density at radius 1 is 1.03 bits per heavy atom. The normalized spacial score (nSPS) is 11.5. The molecule has 0 aromatic heterocycles. The highest BCUT2D eigenvalue weighted by Crippen LogP contribution is 2.29. The zero-order valence-corrected chi connectivity index (χ0v) is 17.1. The summed E-state index contributed by atoms with van der Waals surface area (Å²) in [6, 6.07) is 18.9. The fourth-order valence-electron chi connectivity index (χ4n) is 2.46. The summed E-state index contributed by atoms with van der Waals surface area (Å²) in [4.78, 5) is 12.0. The molecule has 0 atom stereocenters. The van der Waals surface area contributed by atoms with Crippen LogP contribution < -0.4 is 10.2 Å². The molecule has 30 heavy (non-hydrogen) atoms. The Hall–Kier alpha value is -3.13. The molecule has 0 aliphatic carbocycles. The van der Waals surface area contributed by atoms with Crippen LogP contribution in [0.5, 0.6) is 5.75 Å². The number of carbonyl (C=O) groups is 1. The molecule has 0 spiro atoms. The van der Waals surface area contributed by atoms with E-state index in [1.54, 1.807) is 24.3 Å². The number of amides is 1.